The largest absolute Gasteiger partial charge is 0.378 e. The Morgan fingerprint density at radius 2 is 1.17 bits per heavy atom. The lowest BCUT2D eigenvalue weighted by molar-refractivity contribution is -0.363. The number of thioether (sulfide) groups is 1. The summed E-state index contributed by atoms with van der Waals surface area (Å²) in [7, 11) is 5.65. The highest BCUT2D eigenvalue weighted by Crippen LogP contribution is 2.43. The van der Waals surface area contributed by atoms with E-state index in [1.807, 2.05) is 18.7 Å². The number of ether oxygens (including phenoxy) is 11. The van der Waals surface area contributed by atoms with E-state index in [1.165, 1.54) is 19.3 Å². The molecule has 78 heavy (non-hydrogen) atoms. The number of nitrogens with zero attached hydrogens (tertiary/aromatic N) is 1. The fourth-order valence-corrected chi connectivity index (χ4v) is 15.3. The number of unbranched alkanes of at least 4 members (excludes halogenated alkanes) is 4. The molecule has 7 aliphatic rings. The second-order valence-corrected chi connectivity index (χ2v) is 26.4. The Balaban J connectivity index is 0.852. The molecule has 7 fully saturated rings. The highest BCUT2D eigenvalue weighted by molar-refractivity contribution is 8.00. The van der Waals surface area contributed by atoms with Crippen LogP contribution < -0.4 is 16.0 Å². The maximum atomic E-state index is 13.6. The normalized spacial score (nSPS) is 45.0. The molecule has 17 nitrogen and oxygen atoms in total. The molecule has 3 N–H and O–H groups in total. The molecule has 0 radical (unpaired) electrons. The third kappa shape index (κ3) is 15.3. The standard InChI is InChI=1S/C60H108N4O13S/c1-17-43-32(4)34(6)49(62-48(65)27-23-21-25-29-64(14)28-24-20-22-26-47-50-42(31-78-47)61-60(66)63-50)59(71-43)74-46-30-69-56(37(9)33(46)5)75-51-36(8)39(11)57(73-45(51)19-3)77-54-41(13)70-58(40(12)53(54)67-15)76-52-35(7)38(10)55(68-16)72-44(52)18-2/h32-47,49-59H,17-31H2,1-16H3,(H,62,65)(H2,61,63,66)/t32-,33+,34-,35+,36+,37?,38?,39?,40?,41?,42-,43?,44?,45?,46+,47-,49?,50-,51-,52-,53-,54+,55-,56-,57-,58-,59+/m0/s1. The molecule has 9 unspecified atom stereocenters. The summed E-state index contributed by atoms with van der Waals surface area (Å²) in [5.74, 6) is 1.94. The van der Waals surface area contributed by atoms with Gasteiger partial charge in [-0.05, 0) is 102 Å². The van der Waals surface area contributed by atoms with Crippen molar-refractivity contribution in [1.82, 2.24) is 20.9 Å². The highest BCUT2D eigenvalue weighted by Gasteiger charge is 2.53. The first-order chi connectivity index (χ1) is 37.3. The Morgan fingerprint density at radius 1 is 0.590 bits per heavy atom. The van der Waals surface area contributed by atoms with Crippen LogP contribution in [0.1, 0.15) is 161 Å². The zero-order chi connectivity index (χ0) is 56.5. The summed E-state index contributed by atoms with van der Waals surface area (Å²) in [4.78, 5) is 27.8. The Hall–Kier alpha value is -1.39. The van der Waals surface area contributed by atoms with E-state index in [0.717, 1.165) is 63.8 Å². The van der Waals surface area contributed by atoms with Crippen LogP contribution in [0.3, 0.4) is 0 Å². The van der Waals surface area contributed by atoms with Gasteiger partial charge in [0.1, 0.15) is 6.10 Å². The third-order valence-corrected chi connectivity index (χ3v) is 21.5. The summed E-state index contributed by atoms with van der Waals surface area (Å²) in [5.41, 5.74) is 0. The second kappa shape index (κ2) is 29.9. The number of carbonyl (C=O) groups is 2. The molecule has 0 saturated carbocycles. The summed E-state index contributed by atoms with van der Waals surface area (Å²) in [6, 6.07) is 0.307. The van der Waals surface area contributed by atoms with Gasteiger partial charge in [0.25, 0.3) is 0 Å². The van der Waals surface area contributed by atoms with Gasteiger partial charge in [0.05, 0.1) is 73.6 Å². The Kier molecular flexibility index (Phi) is 24.6. The number of methoxy groups -OCH3 is 2. The average molecular weight is 1130 g/mol. The fourth-order valence-electron chi connectivity index (χ4n) is 13.7. The van der Waals surface area contributed by atoms with E-state index in [4.69, 9.17) is 52.1 Å². The molecule has 0 aromatic carbocycles. The predicted octanol–water partition coefficient (Wildman–Crippen LogP) is 9.12. The van der Waals surface area contributed by atoms with Crippen LogP contribution in [0.2, 0.25) is 0 Å². The zero-order valence-corrected chi connectivity index (χ0v) is 51.7. The van der Waals surface area contributed by atoms with Gasteiger partial charge in [-0.1, -0.05) is 102 Å². The van der Waals surface area contributed by atoms with Crippen molar-refractivity contribution in [3.63, 3.8) is 0 Å². The number of hydrogen-bond acceptors (Lipinski definition) is 15. The summed E-state index contributed by atoms with van der Waals surface area (Å²) >= 11 is 2.00. The van der Waals surface area contributed by atoms with E-state index in [-0.39, 0.29) is 132 Å². The van der Waals surface area contributed by atoms with Crippen LogP contribution in [0.4, 0.5) is 4.79 Å². The number of urea groups is 1. The van der Waals surface area contributed by atoms with Gasteiger partial charge in [0, 0.05) is 55.3 Å². The van der Waals surface area contributed by atoms with Crippen molar-refractivity contribution in [2.45, 2.75) is 270 Å². The van der Waals surface area contributed by atoms with Crippen molar-refractivity contribution in [1.29, 1.82) is 0 Å². The molecule has 7 heterocycles. The molecule has 452 valence electrons. The minimum atomic E-state index is -0.587. The maximum absolute atomic E-state index is 13.6. The maximum Gasteiger partial charge on any atom is 0.315 e. The summed E-state index contributed by atoms with van der Waals surface area (Å²) in [6.07, 6.45) is 6.37. The van der Waals surface area contributed by atoms with Crippen molar-refractivity contribution in [2.24, 2.45) is 53.3 Å². The molecule has 0 aromatic heterocycles. The number of carbonyl (C=O) groups excluding carboxylic acids is 2. The smallest absolute Gasteiger partial charge is 0.315 e. The van der Waals surface area contributed by atoms with Gasteiger partial charge in [-0.15, -0.1) is 0 Å². The van der Waals surface area contributed by atoms with E-state index in [9.17, 15) is 9.59 Å². The van der Waals surface area contributed by atoms with Gasteiger partial charge < -0.3 is 73.0 Å². The Labute approximate surface area is 474 Å². The average Bonchev–Trinajstić information content (AvgIpc) is 4.01. The van der Waals surface area contributed by atoms with Crippen molar-refractivity contribution < 1.29 is 61.7 Å². The number of rotatable bonds is 26. The first kappa shape index (κ1) is 64.2. The quantitative estimate of drug-likeness (QED) is 0.0552. The Morgan fingerprint density at radius 3 is 1.81 bits per heavy atom. The van der Waals surface area contributed by atoms with Crippen LogP contribution in [0, 0.1) is 53.3 Å². The predicted molar refractivity (Wildman–Crippen MR) is 303 cm³/mol. The topological polar surface area (TPSA) is 175 Å². The number of amides is 3. The number of nitrogens with one attached hydrogen (secondary N) is 3. The molecule has 0 bridgehead atoms. The van der Waals surface area contributed by atoms with Crippen molar-refractivity contribution in [3.8, 4) is 0 Å². The molecule has 7 saturated heterocycles. The first-order valence-electron chi connectivity index (χ1n) is 30.9. The fraction of sp³-hybridized carbons (Fsp3) is 0.967. The molecule has 27 atom stereocenters. The van der Waals surface area contributed by atoms with E-state index in [2.05, 4.69) is 111 Å². The molecule has 7 rings (SSSR count). The zero-order valence-electron chi connectivity index (χ0n) is 50.9. The number of fused-ring (bicyclic) bond motifs is 1. The van der Waals surface area contributed by atoms with Crippen LogP contribution in [-0.4, -0.2) is 173 Å². The minimum Gasteiger partial charge on any atom is -0.378 e. The lowest BCUT2D eigenvalue weighted by atomic mass is 9.80. The summed E-state index contributed by atoms with van der Waals surface area (Å²) in [5, 5.41) is 10.1. The monoisotopic (exact) mass is 1120 g/mol. The lowest BCUT2D eigenvalue weighted by Crippen LogP contribution is -2.61. The number of hydrogen-bond donors (Lipinski definition) is 3. The van der Waals surface area contributed by atoms with Crippen LogP contribution in [0.5, 0.6) is 0 Å². The van der Waals surface area contributed by atoms with Crippen molar-refractivity contribution in [2.75, 3.05) is 46.7 Å². The second-order valence-electron chi connectivity index (χ2n) is 25.1. The molecule has 7 aliphatic heterocycles. The SMILES string of the molecule is CCC1O[C@H](O[C@@H]2CO[C@@H](O[C@@H]3C(CC)O[C@@H](O[C@@H]4C(C)O[C@@H](O[C@@H]5C(CC)O[C@H](OC)C(C)[C@H]5C)C(C)[C@@H]4OC)C(C)[C@H]3C)C(C)[C@H]2C)C(NC(=O)CCCCCN(C)CCCCC[C@@H]2SC[C@@H]3NC(=O)N[C@@H]32)[C@@H](C)[C@@H]1C. The molecule has 3 amide bonds. The summed E-state index contributed by atoms with van der Waals surface area (Å²) in [6.45, 7) is 30.7. The van der Waals surface area contributed by atoms with Crippen molar-refractivity contribution in [3.05, 3.63) is 0 Å². The molecule has 0 spiro atoms. The minimum absolute atomic E-state index is 0.00251. The van der Waals surface area contributed by atoms with Crippen LogP contribution in [0.25, 0.3) is 0 Å². The van der Waals surface area contributed by atoms with Gasteiger partial charge in [0.2, 0.25) is 5.91 Å². The van der Waals surface area contributed by atoms with Crippen LogP contribution >= 0.6 is 11.8 Å². The molecule has 0 aliphatic carbocycles. The van der Waals surface area contributed by atoms with E-state index < -0.39 is 25.2 Å². The van der Waals surface area contributed by atoms with Crippen LogP contribution in [0.15, 0.2) is 0 Å². The van der Waals surface area contributed by atoms with Gasteiger partial charge in [-0.2, -0.15) is 11.8 Å². The molecule has 18 heteroatoms. The van der Waals surface area contributed by atoms with Gasteiger partial charge in [0.15, 0.2) is 31.5 Å². The molecule has 0 aromatic rings. The van der Waals surface area contributed by atoms with E-state index >= 15 is 0 Å². The van der Waals surface area contributed by atoms with Gasteiger partial charge >= 0.3 is 6.03 Å². The van der Waals surface area contributed by atoms with E-state index in [0.29, 0.717) is 30.4 Å². The van der Waals surface area contributed by atoms with E-state index in [1.54, 1.807) is 14.2 Å². The van der Waals surface area contributed by atoms with Gasteiger partial charge in [-0.25, -0.2) is 4.79 Å². The van der Waals surface area contributed by atoms with Crippen molar-refractivity contribution >= 4 is 23.7 Å². The molecular formula is C60H108N4O13S. The first-order valence-corrected chi connectivity index (χ1v) is 32.0. The lowest BCUT2D eigenvalue weighted by Gasteiger charge is -2.51. The third-order valence-electron chi connectivity index (χ3n) is 20.0. The van der Waals surface area contributed by atoms with Gasteiger partial charge in [-0.3, -0.25) is 4.79 Å². The van der Waals surface area contributed by atoms with Crippen LogP contribution in [-0.2, 0) is 56.9 Å². The summed E-state index contributed by atoms with van der Waals surface area (Å²) < 4.78 is 72.9. The Bertz CT molecular complexity index is 1830. The molecular weight excluding hydrogens is 1020 g/mol. The highest BCUT2D eigenvalue weighted by atomic mass is 32.2.